The van der Waals surface area contributed by atoms with Gasteiger partial charge >= 0.3 is 0 Å². The van der Waals surface area contributed by atoms with Gasteiger partial charge in [0.25, 0.3) is 0 Å². The maximum absolute atomic E-state index is 5.29. The molecule has 0 atom stereocenters. The summed E-state index contributed by atoms with van der Waals surface area (Å²) in [5.74, 6) is 1.62. The molecule has 1 saturated carbocycles. The van der Waals surface area contributed by atoms with Crippen molar-refractivity contribution in [2.45, 2.75) is 31.7 Å². The highest BCUT2D eigenvalue weighted by molar-refractivity contribution is 5.46. The third-order valence-corrected chi connectivity index (χ3v) is 4.13. The summed E-state index contributed by atoms with van der Waals surface area (Å²) in [6, 6.07) is 17.7. The zero-order valence-corrected chi connectivity index (χ0v) is 12.1. The van der Waals surface area contributed by atoms with Crippen molar-refractivity contribution in [3.05, 3.63) is 59.7 Å². The number of hydrogen-bond donors (Lipinski definition) is 1. The Kier molecular flexibility index (Phi) is 3.64. The first-order valence-corrected chi connectivity index (χ1v) is 7.22. The Balaban J connectivity index is 1.57. The van der Waals surface area contributed by atoms with Crippen LogP contribution in [-0.4, -0.2) is 13.2 Å². The van der Waals surface area contributed by atoms with E-state index in [0.717, 1.165) is 5.75 Å². The fourth-order valence-electron chi connectivity index (χ4n) is 2.79. The Bertz CT molecular complexity index is 570. The van der Waals surface area contributed by atoms with Gasteiger partial charge in [0.2, 0.25) is 0 Å². The zero-order chi connectivity index (χ0) is 13.9. The maximum atomic E-state index is 5.29. The van der Waals surface area contributed by atoms with E-state index in [4.69, 9.17) is 4.74 Å². The summed E-state index contributed by atoms with van der Waals surface area (Å²) in [5, 5.41) is 3.60. The van der Waals surface area contributed by atoms with Crippen LogP contribution in [0.1, 0.15) is 29.9 Å². The van der Waals surface area contributed by atoms with Crippen molar-refractivity contribution in [1.29, 1.82) is 0 Å². The summed E-state index contributed by atoms with van der Waals surface area (Å²) in [4.78, 5) is 0. The van der Waals surface area contributed by atoms with Gasteiger partial charge in [0.1, 0.15) is 5.75 Å². The number of ether oxygens (including phenoxy) is 1. The summed E-state index contributed by atoms with van der Waals surface area (Å²) < 4.78 is 5.29. The van der Waals surface area contributed by atoms with Crippen LogP contribution in [0.3, 0.4) is 0 Å². The Hall–Kier alpha value is -1.96. The van der Waals surface area contributed by atoms with Crippen LogP contribution >= 0.6 is 0 Å². The molecule has 2 aromatic carbocycles. The predicted molar refractivity (Wildman–Crippen MR) is 83.6 cm³/mol. The Morgan fingerprint density at radius 1 is 1.05 bits per heavy atom. The lowest BCUT2D eigenvalue weighted by Crippen LogP contribution is -2.33. The summed E-state index contributed by atoms with van der Waals surface area (Å²) in [6.07, 6.45) is 2.39. The minimum Gasteiger partial charge on any atom is -0.497 e. The molecule has 2 aromatic rings. The predicted octanol–water partition coefficient (Wildman–Crippen LogP) is 4.36. The van der Waals surface area contributed by atoms with Gasteiger partial charge in [-0.3, -0.25) is 0 Å². The van der Waals surface area contributed by atoms with Gasteiger partial charge in [-0.15, -0.1) is 0 Å². The number of aryl methyl sites for hydroxylation is 1. The molecule has 0 heterocycles. The average molecular weight is 267 g/mol. The highest BCUT2D eigenvalue weighted by Gasteiger charge is 2.30. The lowest BCUT2D eigenvalue weighted by atomic mass is 9.76. The van der Waals surface area contributed by atoms with E-state index in [1.165, 1.54) is 29.7 Å². The molecule has 0 spiro atoms. The third-order valence-electron chi connectivity index (χ3n) is 4.13. The van der Waals surface area contributed by atoms with E-state index < -0.39 is 0 Å². The lowest BCUT2D eigenvalue weighted by molar-refractivity contribution is 0.370. The second kappa shape index (κ2) is 5.58. The van der Waals surface area contributed by atoms with E-state index in [9.17, 15) is 0 Å². The minimum absolute atomic E-state index is 0.592. The van der Waals surface area contributed by atoms with E-state index in [0.29, 0.717) is 12.0 Å². The second-order valence-electron chi connectivity index (χ2n) is 5.65. The van der Waals surface area contributed by atoms with Crippen molar-refractivity contribution in [1.82, 2.24) is 0 Å². The topological polar surface area (TPSA) is 21.3 Å². The maximum Gasteiger partial charge on any atom is 0.119 e. The van der Waals surface area contributed by atoms with Gasteiger partial charge in [-0.1, -0.05) is 29.8 Å². The molecule has 0 unspecified atom stereocenters. The molecule has 2 nitrogen and oxygen atoms in total. The third kappa shape index (κ3) is 2.79. The average Bonchev–Trinajstić information content (AvgIpc) is 2.44. The quantitative estimate of drug-likeness (QED) is 0.888. The van der Waals surface area contributed by atoms with Crippen molar-refractivity contribution in [3.8, 4) is 5.75 Å². The molecule has 0 radical (unpaired) electrons. The molecule has 20 heavy (non-hydrogen) atoms. The van der Waals surface area contributed by atoms with Gasteiger partial charge in [-0.2, -0.15) is 0 Å². The lowest BCUT2D eigenvalue weighted by Gasteiger charge is -2.37. The molecular formula is C18H21NO. The molecular weight excluding hydrogens is 246 g/mol. The molecule has 1 aliphatic rings. The highest BCUT2D eigenvalue weighted by atomic mass is 16.5. The van der Waals surface area contributed by atoms with Gasteiger partial charge in [0.15, 0.2) is 0 Å². The molecule has 1 fully saturated rings. The Morgan fingerprint density at radius 2 is 1.80 bits per heavy atom. The van der Waals surface area contributed by atoms with E-state index >= 15 is 0 Å². The van der Waals surface area contributed by atoms with Crippen LogP contribution in [0.25, 0.3) is 0 Å². The molecule has 1 N–H and O–H groups in total. The Morgan fingerprint density at radius 3 is 2.50 bits per heavy atom. The number of benzene rings is 2. The van der Waals surface area contributed by atoms with Crippen LogP contribution in [0.5, 0.6) is 5.75 Å². The van der Waals surface area contributed by atoms with E-state index in [1.807, 2.05) is 6.07 Å². The summed E-state index contributed by atoms with van der Waals surface area (Å²) in [6.45, 7) is 2.12. The molecule has 1 aliphatic carbocycles. The fraction of sp³-hybridized carbons (Fsp3) is 0.333. The molecule has 104 valence electrons. The second-order valence-corrected chi connectivity index (χ2v) is 5.65. The van der Waals surface area contributed by atoms with E-state index in [-0.39, 0.29) is 0 Å². The van der Waals surface area contributed by atoms with Gasteiger partial charge in [0.05, 0.1) is 7.11 Å². The highest BCUT2D eigenvalue weighted by Crippen LogP contribution is 2.39. The van der Waals surface area contributed by atoms with Crippen LogP contribution in [0.15, 0.2) is 48.5 Å². The van der Waals surface area contributed by atoms with Crippen LogP contribution in [-0.2, 0) is 0 Å². The number of rotatable bonds is 4. The molecule has 0 amide bonds. The summed E-state index contributed by atoms with van der Waals surface area (Å²) in [7, 11) is 1.72. The monoisotopic (exact) mass is 267 g/mol. The fourth-order valence-corrected chi connectivity index (χ4v) is 2.79. The van der Waals surface area contributed by atoms with E-state index in [1.54, 1.807) is 7.11 Å². The molecule has 2 heteroatoms. The van der Waals surface area contributed by atoms with Crippen molar-refractivity contribution < 1.29 is 4.74 Å². The number of nitrogens with one attached hydrogen (secondary N) is 1. The van der Waals surface area contributed by atoms with Crippen molar-refractivity contribution in [2.24, 2.45) is 0 Å². The van der Waals surface area contributed by atoms with Crippen LogP contribution in [0, 0.1) is 6.92 Å². The van der Waals surface area contributed by atoms with Crippen molar-refractivity contribution in [3.63, 3.8) is 0 Å². The summed E-state index contributed by atoms with van der Waals surface area (Å²) in [5.41, 5.74) is 3.93. The van der Waals surface area contributed by atoms with Crippen LogP contribution < -0.4 is 10.1 Å². The van der Waals surface area contributed by atoms with E-state index in [2.05, 4.69) is 54.7 Å². The molecule has 3 rings (SSSR count). The zero-order valence-electron chi connectivity index (χ0n) is 12.1. The molecule has 0 aromatic heterocycles. The molecule has 0 saturated heterocycles. The normalized spacial score (nSPS) is 21.1. The minimum atomic E-state index is 0.592. The Labute approximate surface area is 120 Å². The first-order chi connectivity index (χ1) is 9.74. The first-order valence-electron chi connectivity index (χ1n) is 7.22. The molecule has 0 bridgehead atoms. The van der Waals surface area contributed by atoms with Crippen LogP contribution in [0.2, 0.25) is 0 Å². The largest absolute Gasteiger partial charge is 0.497 e. The van der Waals surface area contributed by atoms with Gasteiger partial charge < -0.3 is 10.1 Å². The van der Waals surface area contributed by atoms with Gasteiger partial charge in [-0.05, 0) is 55.5 Å². The van der Waals surface area contributed by atoms with Gasteiger partial charge in [0, 0.05) is 11.7 Å². The number of hydrogen-bond acceptors (Lipinski definition) is 2. The standard InChI is InChI=1S/C18H21NO/c1-13-6-8-16(9-7-13)19-17-10-15(11-17)14-4-3-5-18(12-14)20-2/h3-9,12,15,17,19H,10-11H2,1-2H3. The number of methoxy groups -OCH3 is 1. The van der Waals surface area contributed by atoms with Gasteiger partial charge in [-0.25, -0.2) is 0 Å². The first kappa shape index (κ1) is 13.0. The molecule has 0 aliphatic heterocycles. The van der Waals surface area contributed by atoms with Crippen molar-refractivity contribution in [2.75, 3.05) is 12.4 Å². The van der Waals surface area contributed by atoms with Crippen molar-refractivity contribution >= 4 is 5.69 Å². The number of anilines is 1. The SMILES string of the molecule is COc1cccc(C2CC(Nc3ccc(C)cc3)C2)c1. The smallest absolute Gasteiger partial charge is 0.119 e. The summed E-state index contributed by atoms with van der Waals surface area (Å²) >= 11 is 0. The van der Waals surface area contributed by atoms with Crippen LogP contribution in [0.4, 0.5) is 5.69 Å².